The second-order valence-electron chi connectivity index (χ2n) is 3.25. The van der Waals surface area contributed by atoms with Crippen molar-refractivity contribution in [3.8, 4) is 12.3 Å². The molecule has 2 nitrogen and oxygen atoms in total. The Balaban J connectivity index is 2.20. The van der Waals surface area contributed by atoms with Crippen molar-refractivity contribution >= 4 is 0 Å². The quantitative estimate of drug-likeness (QED) is 0.466. The molecule has 0 aliphatic heterocycles. The van der Waals surface area contributed by atoms with Crippen LogP contribution in [0.5, 0.6) is 0 Å². The van der Waals surface area contributed by atoms with Gasteiger partial charge in [-0.3, -0.25) is 0 Å². The maximum Gasteiger partial charge on any atom is 0.0319 e. The van der Waals surface area contributed by atoms with Gasteiger partial charge >= 0.3 is 0 Å². The number of hydrogen-bond donors (Lipinski definition) is 2. The van der Waals surface area contributed by atoms with Gasteiger partial charge in [-0.15, -0.1) is 12.3 Å². The summed E-state index contributed by atoms with van der Waals surface area (Å²) in [5.41, 5.74) is 2.31. The molecule has 1 aliphatic rings. The van der Waals surface area contributed by atoms with Crippen LogP contribution in [-0.4, -0.2) is 11.2 Å². The number of rotatable bonds is 2. The molecule has 1 rings (SSSR count). The molecule has 0 aromatic carbocycles. The predicted molar refractivity (Wildman–Crippen MR) is 44.1 cm³/mol. The molecule has 1 aliphatic carbocycles. The summed E-state index contributed by atoms with van der Waals surface area (Å²) in [6.07, 6.45) is 10.5. The third-order valence-electron chi connectivity index (χ3n) is 2.44. The fourth-order valence-corrected chi connectivity index (χ4v) is 1.66. The van der Waals surface area contributed by atoms with Gasteiger partial charge in [-0.25, -0.2) is 5.48 Å². The molecule has 0 amide bonds. The molecular weight excluding hydrogens is 138 g/mol. The number of hydrogen-bond acceptors (Lipinski definition) is 2. The molecule has 0 radical (unpaired) electrons. The fraction of sp³-hybridized carbons (Fsp3) is 0.778. The van der Waals surface area contributed by atoms with Crippen LogP contribution >= 0.6 is 0 Å². The van der Waals surface area contributed by atoms with Gasteiger partial charge in [0.25, 0.3) is 0 Å². The predicted octanol–water partition coefficient (Wildman–Crippen LogP) is 1.55. The first kappa shape index (κ1) is 8.58. The van der Waals surface area contributed by atoms with Gasteiger partial charge in [0, 0.05) is 12.5 Å². The van der Waals surface area contributed by atoms with Crippen LogP contribution in [0.25, 0.3) is 0 Å². The van der Waals surface area contributed by atoms with E-state index in [-0.39, 0.29) is 0 Å². The lowest BCUT2D eigenvalue weighted by atomic mass is 9.85. The molecule has 0 bridgehead atoms. The first-order valence-electron chi connectivity index (χ1n) is 4.20. The van der Waals surface area contributed by atoms with Gasteiger partial charge in [-0.05, 0) is 31.6 Å². The smallest absolute Gasteiger partial charge is 0.0319 e. The van der Waals surface area contributed by atoms with Crippen LogP contribution in [0.3, 0.4) is 0 Å². The molecular formula is C9H15NO. The van der Waals surface area contributed by atoms with Crippen LogP contribution in [0, 0.1) is 18.3 Å². The van der Waals surface area contributed by atoms with E-state index < -0.39 is 0 Å². The van der Waals surface area contributed by atoms with Crippen LogP contribution in [0.1, 0.15) is 32.1 Å². The molecule has 0 heterocycles. The highest BCUT2D eigenvalue weighted by Crippen LogP contribution is 2.25. The second-order valence-corrected chi connectivity index (χ2v) is 3.25. The van der Waals surface area contributed by atoms with E-state index in [2.05, 4.69) is 11.4 Å². The number of hydroxylamine groups is 1. The van der Waals surface area contributed by atoms with Gasteiger partial charge in [0.2, 0.25) is 0 Å². The monoisotopic (exact) mass is 153 g/mol. The van der Waals surface area contributed by atoms with E-state index in [1.165, 1.54) is 0 Å². The van der Waals surface area contributed by atoms with Gasteiger partial charge in [-0.2, -0.15) is 0 Å². The van der Waals surface area contributed by atoms with Crippen molar-refractivity contribution in [1.82, 2.24) is 5.48 Å². The van der Waals surface area contributed by atoms with Crippen molar-refractivity contribution in [2.75, 3.05) is 0 Å². The molecule has 11 heavy (non-hydrogen) atoms. The van der Waals surface area contributed by atoms with Gasteiger partial charge in [0.15, 0.2) is 0 Å². The Kier molecular flexibility index (Phi) is 3.41. The highest BCUT2D eigenvalue weighted by molar-refractivity contribution is 4.89. The summed E-state index contributed by atoms with van der Waals surface area (Å²) < 4.78 is 0. The van der Waals surface area contributed by atoms with Crippen molar-refractivity contribution in [3.05, 3.63) is 0 Å². The zero-order valence-electron chi connectivity index (χ0n) is 6.71. The largest absolute Gasteiger partial charge is 0.317 e. The minimum Gasteiger partial charge on any atom is -0.317 e. The third-order valence-corrected chi connectivity index (χ3v) is 2.44. The van der Waals surface area contributed by atoms with Crippen molar-refractivity contribution in [2.24, 2.45) is 5.92 Å². The molecule has 0 atom stereocenters. The van der Waals surface area contributed by atoms with E-state index in [0.29, 0.717) is 12.0 Å². The zero-order chi connectivity index (χ0) is 8.10. The van der Waals surface area contributed by atoms with Crippen molar-refractivity contribution in [3.63, 3.8) is 0 Å². The Hall–Kier alpha value is -0.520. The average molecular weight is 153 g/mol. The van der Waals surface area contributed by atoms with Crippen molar-refractivity contribution in [1.29, 1.82) is 0 Å². The van der Waals surface area contributed by atoms with Gasteiger partial charge in [0.1, 0.15) is 0 Å². The summed E-state index contributed by atoms with van der Waals surface area (Å²) in [5.74, 6) is 3.39. The van der Waals surface area contributed by atoms with Gasteiger partial charge in [0.05, 0.1) is 0 Å². The second kappa shape index (κ2) is 4.38. The summed E-state index contributed by atoms with van der Waals surface area (Å²) in [6, 6.07) is 0.309. The molecule has 2 heteroatoms. The number of nitrogens with one attached hydrogen (secondary N) is 1. The number of terminal acetylenes is 1. The normalized spacial score (nSPS) is 31.3. The molecule has 62 valence electrons. The molecule has 0 aromatic heterocycles. The fourth-order valence-electron chi connectivity index (χ4n) is 1.66. The van der Waals surface area contributed by atoms with Crippen LogP contribution in [0.4, 0.5) is 0 Å². The minimum atomic E-state index is 0.309. The van der Waals surface area contributed by atoms with E-state index in [1.54, 1.807) is 0 Å². The van der Waals surface area contributed by atoms with Gasteiger partial charge < -0.3 is 5.21 Å². The average Bonchev–Trinajstić information content (AvgIpc) is 2.07. The Morgan fingerprint density at radius 1 is 1.36 bits per heavy atom. The molecule has 0 saturated heterocycles. The van der Waals surface area contributed by atoms with E-state index >= 15 is 0 Å². The summed E-state index contributed by atoms with van der Waals surface area (Å²) >= 11 is 0. The first-order chi connectivity index (χ1) is 5.36. The Morgan fingerprint density at radius 2 is 2.00 bits per heavy atom. The molecule has 0 unspecified atom stereocenters. The van der Waals surface area contributed by atoms with Crippen molar-refractivity contribution in [2.45, 2.75) is 38.1 Å². The lowest BCUT2D eigenvalue weighted by Gasteiger charge is -2.25. The molecule has 1 saturated carbocycles. The van der Waals surface area contributed by atoms with Crippen LogP contribution in [-0.2, 0) is 0 Å². The third kappa shape index (κ3) is 2.53. The van der Waals surface area contributed by atoms with Crippen LogP contribution in [0.2, 0.25) is 0 Å². The standard InChI is InChI=1S/C9H15NO/c1-2-3-8-4-6-9(10-11)7-5-8/h1,8-11H,3-7H2. The van der Waals surface area contributed by atoms with Crippen LogP contribution < -0.4 is 5.48 Å². The Bertz CT molecular complexity index is 142. The Morgan fingerprint density at radius 3 is 2.45 bits per heavy atom. The first-order valence-corrected chi connectivity index (χ1v) is 4.20. The maximum absolute atomic E-state index is 8.62. The molecule has 0 spiro atoms. The highest BCUT2D eigenvalue weighted by Gasteiger charge is 2.19. The van der Waals surface area contributed by atoms with Crippen molar-refractivity contribution < 1.29 is 5.21 Å². The van der Waals surface area contributed by atoms with E-state index in [9.17, 15) is 0 Å². The summed E-state index contributed by atoms with van der Waals surface area (Å²) in [7, 11) is 0. The zero-order valence-corrected chi connectivity index (χ0v) is 6.71. The lowest BCUT2D eigenvalue weighted by Crippen LogP contribution is -2.30. The van der Waals surface area contributed by atoms with E-state index in [4.69, 9.17) is 11.6 Å². The Labute approximate surface area is 68.0 Å². The molecule has 1 fully saturated rings. The lowest BCUT2D eigenvalue weighted by molar-refractivity contribution is 0.0975. The van der Waals surface area contributed by atoms with E-state index in [1.807, 2.05) is 0 Å². The SMILES string of the molecule is C#CCC1CCC(NO)CC1. The highest BCUT2D eigenvalue weighted by atomic mass is 16.5. The topological polar surface area (TPSA) is 32.3 Å². The summed E-state index contributed by atoms with van der Waals surface area (Å²) in [4.78, 5) is 0. The molecule has 2 N–H and O–H groups in total. The summed E-state index contributed by atoms with van der Waals surface area (Å²) in [5, 5.41) is 8.62. The van der Waals surface area contributed by atoms with Crippen LogP contribution in [0.15, 0.2) is 0 Å². The minimum absolute atomic E-state index is 0.309. The van der Waals surface area contributed by atoms with E-state index in [0.717, 1.165) is 32.1 Å². The maximum atomic E-state index is 8.62. The molecule has 0 aromatic rings. The summed E-state index contributed by atoms with van der Waals surface area (Å²) in [6.45, 7) is 0. The van der Waals surface area contributed by atoms with Gasteiger partial charge in [-0.1, -0.05) is 0 Å².